The second kappa shape index (κ2) is 5.78. The van der Waals surface area contributed by atoms with Crippen LogP contribution < -0.4 is 10.5 Å². The molecule has 0 amide bonds. The fourth-order valence-corrected chi connectivity index (χ4v) is 2.46. The number of methoxy groups -OCH3 is 1. The number of ether oxygens (including phenoxy) is 1. The van der Waals surface area contributed by atoms with E-state index in [9.17, 15) is 4.39 Å². The van der Waals surface area contributed by atoms with Gasteiger partial charge in [-0.05, 0) is 42.5 Å². The highest BCUT2D eigenvalue weighted by molar-refractivity contribution is 7.98. The van der Waals surface area contributed by atoms with E-state index in [0.717, 1.165) is 16.1 Å². The highest BCUT2D eigenvalue weighted by Crippen LogP contribution is 2.28. The number of rotatable bonds is 4. The first-order chi connectivity index (χ1) is 8.69. The Morgan fingerprint density at radius 3 is 2.56 bits per heavy atom. The molecule has 0 spiro atoms. The summed E-state index contributed by atoms with van der Waals surface area (Å²) < 4.78 is 18.4. The molecule has 0 saturated heterocycles. The van der Waals surface area contributed by atoms with Crippen LogP contribution in [0.4, 0.5) is 10.1 Å². The van der Waals surface area contributed by atoms with Gasteiger partial charge in [0.25, 0.3) is 0 Å². The fourth-order valence-electron chi connectivity index (χ4n) is 1.59. The first-order valence-electron chi connectivity index (χ1n) is 5.50. The van der Waals surface area contributed by atoms with Gasteiger partial charge in [-0.15, -0.1) is 11.8 Å². The predicted octanol–water partition coefficient (Wildman–Crippen LogP) is 3.71. The van der Waals surface area contributed by atoms with Crippen LogP contribution in [0.15, 0.2) is 47.4 Å². The van der Waals surface area contributed by atoms with Gasteiger partial charge in [0.2, 0.25) is 0 Å². The zero-order chi connectivity index (χ0) is 13.0. The highest BCUT2D eigenvalue weighted by Gasteiger charge is 2.05. The average molecular weight is 263 g/mol. The molecule has 0 unspecified atom stereocenters. The van der Waals surface area contributed by atoms with Crippen LogP contribution in [0, 0.1) is 5.82 Å². The molecule has 0 radical (unpaired) electrons. The highest BCUT2D eigenvalue weighted by atomic mass is 32.2. The summed E-state index contributed by atoms with van der Waals surface area (Å²) in [6.45, 7) is 0. The summed E-state index contributed by atoms with van der Waals surface area (Å²) >= 11 is 1.62. The van der Waals surface area contributed by atoms with Gasteiger partial charge in [-0.3, -0.25) is 0 Å². The molecule has 0 fully saturated rings. The van der Waals surface area contributed by atoms with Crippen LogP contribution in [0.25, 0.3) is 0 Å². The predicted molar refractivity (Wildman–Crippen MR) is 73.4 cm³/mol. The minimum atomic E-state index is -0.247. The molecular weight excluding hydrogens is 249 g/mol. The second-order valence-electron chi connectivity index (χ2n) is 3.81. The topological polar surface area (TPSA) is 35.2 Å². The number of nitrogen functional groups attached to an aromatic ring is 1. The lowest BCUT2D eigenvalue weighted by molar-refractivity contribution is 0.410. The molecule has 0 aliphatic heterocycles. The zero-order valence-corrected chi connectivity index (χ0v) is 10.8. The summed E-state index contributed by atoms with van der Waals surface area (Å²) in [6, 6.07) is 12.2. The Morgan fingerprint density at radius 1 is 1.17 bits per heavy atom. The molecule has 2 aromatic rings. The Morgan fingerprint density at radius 2 is 1.89 bits per heavy atom. The van der Waals surface area contributed by atoms with Gasteiger partial charge >= 0.3 is 0 Å². The third kappa shape index (κ3) is 3.17. The van der Waals surface area contributed by atoms with Crippen molar-refractivity contribution in [2.24, 2.45) is 0 Å². The van der Waals surface area contributed by atoms with Crippen molar-refractivity contribution in [2.45, 2.75) is 10.6 Å². The van der Waals surface area contributed by atoms with E-state index in [1.165, 1.54) is 12.1 Å². The fraction of sp³-hybridized carbons (Fsp3) is 0.143. The van der Waals surface area contributed by atoms with Gasteiger partial charge in [0.1, 0.15) is 11.6 Å². The van der Waals surface area contributed by atoms with Crippen LogP contribution in [0.5, 0.6) is 5.75 Å². The minimum absolute atomic E-state index is 0.247. The van der Waals surface area contributed by atoms with E-state index < -0.39 is 0 Å². The van der Waals surface area contributed by atoms with Crippen molar-refractivity contribution in [1.29, 1.82) is 0 Å². The third-order valence-electron chi connectivity index (χ3n) is 2.52. The monoisotopic (exact) mass is 263 g/mol. The van der Waals surface area contributed by atoms with Crippen molar-refractivity contribution in [3.63, 3.8) is 0 Å². The van der Waals surface area contributed by atoms with Crippen molar-refractivity contribution in [1.82, 2.24) is 0 Å². The molecule has 0 saturated carbocycles. The van der Waals surface area contributed by atoms with Crippen molar-refractivity contribution < 1.29 is 9.13 Å². The van der Waals surface area contributed by atoms with Crippen molar-refractivity contribution in [2.75, 3.05) is 12.8 Å². The van der Waals surface area contributed by atoms with E-state index in [2.05, 4.69) is 0 Å². The molecular formula is C14H14FNOS. The summed E-state index contributed by atoms with van der Waals surface area (Å²) in [5, 5.41) is 0. The van der Waals surface area contributed by atoms with Gasteiger partial charge < -0.3 is 10.5 Å². The van der Waals surface area contributed by atoms with Crippen LogP contribution in [0.3, 0.4) is 0 Å². The van der Waals surface area contributed by atoms with Crippen molar-refractivity contribution in [3.8, 4) is 5.75 Å². The van der Waals surface area contributed by atoms with Crippen LogP contribution in [0.1, 0.15) is 5.56 Å². The molecule has 18 heavy (non-hydrogen) atoms. The third-order valence-corrected chi connectivity index (χ3v) is 3.58. The van der Waals surface area contributed by atoms with Crippen LogP contribution in [-0.4, -0.2) is 7.11 Å². The van der Waals surface area contributed by atoms with Gasteiger partial charge in [-0.1, -0.05) is 0 Å². The summed E-state index contributed by atoms with van der Waals surface area (Å²) in [6.07, 6.45) is 0. The molecule has 2 N–H and O–H groups in total. The average Bonchev–Trinajstić information content (AvgIpc) is 2.38. The maximum Gasteiger partial charge on any atom is 0.123 e. The molecule has 2 rings (SSSR count). The molecule has 2 nitrogen and oxygen atoms in total. The maximum atomic E-state index is 13.2. The lowest BCUT2D eigenvalue weighted by atomic mass is 10.2. The number of nitrogens with two attached hydrogens (primary N) is 1. The summed E-state index contributed by atoms with van der Waals surface area (Å²) in [5.74, 6) is 1.12. The molecule has 0 aromatic heterocycles. The first-order valence-corrected chi connectivity index (χ1v) is 6.48. The number of hydrogen-bond donors (Lipinski definition) is 1. The molecule has 4 heteroatoms. The normalized spacial score (nSPS) is 10.3. The Labute approximate surface area is 110 Å². The van der Waals surface area contributed by atoms with E-state index in [1.54, 1.807) is 24.9 Å². The van der Waals surface area contributed by atoms with Gasteiger partial charge in [0.15, 0.2) is 0 Å². The van der Waals surface area contributed by atoms with E-state index in [0.29, 0.717) is 11.5 Å². The van der Waals surface area contributed by atoms with Crippen molar-refractivity contribution >= 4 is 17.4 Å². The second-order valence-corrected chi connectivity index (χ2v) is 4.86. The Bertz CT molecular complexity index is 528. The lowest BCUT2D eigenvalue weighted by Crippen LogP contribution is -1.91. The Hall–Kier alpha value is -1.68. The number of thioether (sulfide) groups is 1. The molecule has 0 heterocycles. The lowest BCUT2D eigenvalue weighted by Gasteiger charge is -2.08. The minimum Gasteiger partial charge on any atom is -0.496 e. The molecule has 0 aliphatic carbocycles. The first kappa shape index (κ1) is 12.8. The Kier molecular flexibility index (Phi) is 4.10. The largest absolute Gasteiger partial charge is 0.496 e. The molecule has 0 atom stereocenters. The maximum absolute atomic E-state index is 13.2. The standard InChI is InChI=1S/C14H14FNOS/c1-17-14-7-2-11(15)8-10(14)9-18-13-5-3-12(16)4-6-13/h2-8H,9,16H2,1H3. The van der Waals surface area contributed by atoms with Gasteiger partial charge in [0, 0.05) is 21.9 Å². The van der Waals surface area contributed by atoms with Gasteiger partial charge in [-0.25, -0.2) is 4.39 Å². The molecule has 94 valence electrons. The van der Waals surface area contributed by atoms with Crippen LogP contribution >= 0.6 is 11.8 Å². The molecule has 0 bridgehead atoms. The van der Waals surface area contributed by atoms with Crippen molar-refractivity contribution in [3.05, 3.63) is 53.8 Å². The van der Waals surface area contributed by atoms with E-state index >= 15 is 0 Å². The Balaban J connectivity index is 2.09. The number of halogens is 1. The van der Waals surface area contributed by atoms with E-state index in [1.807, 2.05) is 24.3 Å². The molecule has 0 aliphatic rings. The van der Waals surface area contributed by atoms with E-state index in [4.69, 9.17) is 10.5 Å². The smallest absolute Gasteiger partial charge is 0.123 e. The number of hydrogen-bond acceptors (Lipinski definition) is 3. The summed E-state index contributed by atoms with van der Waals surface area (Å²) in [5.41, 5.74) is 7.21. The van der Waals surface area contributed by atoms with Gasteiger partial charge in [0.05, 0.1) is 7.11 Å². The summed E-state index contributed by atoms with van der Waals surface area (Å²) in [4.78, 5) is 1.09. The van der Waals surface area contributed by atoms with Gasteiger partial charge in [-0.2, -0.15) is 0 Å². The zero-order valence-electron chi connectivity index (χ0n) is 10.0. The SMILES string of the molecule is COc1ccc(F)cc1CSc1ccc(N)cc1. The number of benzene rings is 2. The molecule has 2 aromatic carbocycles. The summed E-state index contributed by atoms with van der Waals surface area (Å²) in [7, 11) is 1.59. The quantitative estimate of drug-likeness (QED) is 0.674. The van der Waals surface area contributed by atoms with Crippen LogP contribution in [0.2, 0.25) is 0 Å². The van der Waals surface area contributed by atoms with Crippen LogP contribution in [-0.2, 0) is 5.75 Å². The van der Waals surface area contributed by atoms with E-state index in [-0.39, 0.29) is 5.82 Å². The number of anilines is 1.